The summed E-state index contributed by atoms with van der Waals surface area (Å²) in [6.45, 7) is 1.31. The first kappa shape index (κ1) is 13.5. The number of fused-ring (bicyclic) bond motifs is 1. The molecule has 1 aromatic rings. The Morgan fingerprint density at radius 1 is 1.10 bits per heavy atom. The summed E-state index contributed by atoms with van der Waals surface area (Å²) in [6, 6.07) is 5.66. The van der Waals surface area contributed by atoms with Gasteiger partial charge in [0, 0.05) is 24.2 Å². The number of anilines is 1. The van der Waals surface area contributed by atoms with E-state index in [9.17, 15) is 8.42 Å². The lowest BCUT2D eigenvalue weighted by Gasteiger charge is -2.24. The number of hydrogen-bond acceptors (Lipinski definition) is 5. The van der Waals surface area contributed by atoms with E-state index >= 15 is 0 Å². The van der Waals surface area contributed by atoms with Crippen molar-refractivity contribution in [2.24, 2.45) is 0 Å². The number of ether oxygens (including phenoxy) is 2. The zero-order valence-corrected chi connectivity index (χ0v) is 12.1. The second-order valence-corrected chi connectivity index (χ2v) is 7.54. The van der Waals surface area contributed by atoms with E-state index < -0.39 is 9.84 Å². The fourth-order valence-corrected chi connectivity index (χ4v) is 4.26. The Morgan fingerprint density at radius 3 is 2.70 bits per heavy atom. The van der Waals surface area contributed by atoms with Crippen LogP contribution in [0.25, 0.3) is 0 Å². The summed E-state index contributed by atoms with van der Waals surface area (Å²) in [5, 5.41) is 3.29. The zero-order chi connectivity index (χ0) is 14.0. The van der Waals surface area contributed by atoms with E-state index in [4.69, 9.17) is 9.47 Å². The third-order valence-electron chi connectivity index (χ3n) is 3.58. The van der Waals surface area contributed by atoms with Crippen molar-refractivity contribution in [2.75, 3.05) is 30.0 Å². The van der Waals surface area contributed by atoms with E-state index in [1.54, 1.807) is 0 Å². The second kappa shape index (κ2) is 5.52. The van der Waals surface area contributed by atoms with Crippen LogP contribution in [0.2, 0.25) is 0 Å². The number of hydrogen-bond donors (Lipinski definition) is 1. The quantitative estimate of drug-likeness (QED) is 0.902. The van der Waals surface area contributed by atoms with Gasteiger partial charge in [0.1, 0.15) is 0 Å². The molecule has 0 spiro atoms. The molecule has 1 N–H and O–H groups in total. The van der Waals surface area contributed by atoms with E-state index in [0.29, 0.717) is 19.0 Å². The van der Waals surface area contributed by atoms with Crippen molar-refractivity contribution in [1.82, 2.24) is 0 Å². The molecule has 1 saturated heterocycles. The number of benzene rings is 1. The lowest BCUT2D eigenvalue weighted by Crippen LogP contribution is -2.34. The van der Waals surface area contributed by atoms with Gasteiger partial charge < -0.3 is 14.8 Å². The van der Waals surface area contributed by atoms with Crippen molar-refractivity contribution < 1.29 is 17.9 Å². The van der Waals surface area contributed by atoms with Crippen molar-refractivity contribution in [2.45, 2.75) is 25.3 Å². The highest BCUT2D eigenvalue weighted by atomic mass is 32.2. The first-order valence-electron chi connectivity index (χ1n) is 6.99. The fourth-order valence-electron chi connectivity index (χ4n) is 2.63. The molecule has 1 aromatic carbocycles. The maximum absolute atomic E-state index is 11.6. The van der Waals surface area contributed by atoms with Gasteiger partial charge in [0.15, 0.2) is 21.3 Å². The Balaban J connectivity index is 1.73. The van der Waals surface area contributed by atoms with Crippen LogP contribution in [0.5, 0.6) is 11.5 Å². The molecular formula is C14H19NO4S. The molecule has 0 radical (unpaired) electrons. The summed E-state index contributed by atoms with van der Waals surface area (Å²) in [4.78, 5) is 0. The van der Waals surface area contributed by atoms with Crippen LogP contribution in [0.3, 0.4) is 0 Å². The third kappa shape index (κ3) is 3.17. The van der Waals surface area contributed by atoms with Crippen LogP contribution in [0.4, 0.5) is 5.69 Å². The average Bonchev–Trinajstić information content (AvgIpc) is 2.62. The molecule has 0 bridgehead atoms. The predicted octanol–water partition coefficient (Wildman–Crippen LogP) is 1.84. The van der Waals surface area contributed by atoms with Crippen LogP contribution in [0, 0.1) is 0 Å². The van der Waals surface area contributed by atoms with Gasteiger partial charge in [-0.3, -0.25) is 0 Å². The van der Waals surface area contributed by atoms with E-state index in [1.807, 2.05) is 18.2 Å². The first-order valence-corrected chi connectivity index (χ1v) is 8.81. The standard InChI is InChI=1S/C14H19NO4S/c16-20(17)8-1-3-12(10-20)15-11-4-5-13-14(9-11)19-7-2-6-18-13/h4-5,9,12,15H,1-3,6-8,10H2. The van der Waals surface area contributed by atoms with Crippen molar-refractivity contribution in [3.8, 4) is 11.5 Å². The Labute approximate surface area is 119 Å². The van der Waals surface area contributed by atoms with E-state index in [-0.39, 0.29) is 11.8 Å². The lowest BCUT2D eigenvalue weighted by molar-refractivity contribution is 0.297. The molecule has 3 rings (SSSR count). The van der Waals surface area contributed by atoms with Crippen molar-refractivity contribution in [3.05, 3.63) is 18.2 Å². The largest absolute Gasteiger partial charge is 0.490 e. The lowest BCUT2D eigenvalue weighted by atomic mass is 10.1. The van der Waals surface area contributed by atoms with Crippen LogP contribution < -0.4 is 14.8 Å². The SMILES string of the molecule is O=S1(=O)CCCC(Nc2ccc3c(c2)OCCCO3)C1. The molecule has 0 amide bonds. The van der Waals surface area contributed by atoms with Crippen molar-refractivity contribution >= 4 is 15.5 Å². The summed E-state index contributed by atoms with van der Waals surface area (Å²) in [5.74, 6) is 2.00. The van der Waals surface area contributed by atoms with Crippen LogP contribution in [0.15, 0.2) is 18.2 Å². The second-order valence-electron chi connectivity index (χ2n) is 5.31. The fraction of sp³-hybridized carbons (Fsp3) is 0.571. The molecule has 5 nitrogen and oxygen atoms in total. The smallest absolute Gasteiger partial charge is 0.163 e. The van der Waals surface area contributed by atoms with E-state index in [0.717, 1.165) is 36.4 Å². The molecule has 1 fully saturated rings. The molecule has 110 valence electrons. The molecule has 0 saturated carbocycles. The van der Waals surface area contributed by atoms with Gasteiger partial charge in [-0.25, -0.2) is 8.42 Å². The molecule has 1 atom stereocenters. The van der Waals surface area contributed by atoms with Crippen LogP contribution in [0.1, 0.15) is 19.3 Å². The Hall–Kier alpha value is -1.43. The van der Waals surface area contributed by atoms with Crippen molar-refractivity contribution in [1.29, 1.82) is 0 Å². The molecule has 0 aromatic heterocycles. The molecule has 2 aliphatic rings. The van der Waals surface area contributed by atoms with Gasteiger partial charge in [0.2, 0.25) is 0 Å². The maximum Gasteiger partial charge on any atom is 0.163 e. The highest BCUT2D eigenvalue weighted by Gasteiger charge is 2.24. The molecule has 20 heavy (non-hydrogen) atoms. The molecular weight excluding hydrogens is 278 g/mol. The van der Waals surface area contributed by atoms with Gasteiger partial charge in [-0.2, -0.15) is 0 Å². The normalized spacial score (nSPS) is 24.7. The minimum absolute atomic E-state index is 0.0153. The van der Waals surface area contributed by atoms with Gasteiger partial charge in [-0.1, -0.05) is 0 Å². The Morgan fingerprint density at radius 2 is 1.90 bits per heavy atom. The number of nitrogens with one attached hydrogen (secondary N) is 1. The van der Waals surface area contributed by atoms with Gasteiger partial charge in [0.05, 0.1) is 24.7 Å². The molecule has 0 aliphatic carbocycles. The summed E-state index contributed by atoms with van der Waals surface area (Å²) in [7, 11) is -2.89. The van der Waals surface area contributed by atoms with Crippen LogP contribution in [-0.4, -0.2) is 39.2 Å². The third-order valence-corrected chi connectivity index (χ3v) is 5.40. The summed E-state index contributed by atoms with van der Waals surface area (Å²) >= 11 is 0. The van der Waals surface area contributed by atoms with Crippen molar-refractivity contribution in [3.63, 3.8) is 0 Å². The Kier molecular flexibility index (Phi) is 3.74. The number of rotatable bonds is 2. The summed E-state index contributed by atoms with van der Waals surface area (Å²) in [6.07, 6.45) is 2.48. The van der Waals surface area contributed by atoms with Crippen LogP contribution >= 0.6 is 0 Å². The summed E-state index contributed by atoms with van der Waals surface area (Å²) < 4.78 is 34.5. The molecule has 6 heteroatoms. The monoisotopic (exact) mass is 297 g/mol. The molecule has 2 aliphatic heterocycles. The zero-order valence-electron chi connectivity index (χ0n) is 11.3. The van der Waals surface area contributed by atoms with Gasteiger partial charge >= 0.3 is 0 Å². The molecule has 2 heterocycles. The van der Waals surface area contributed by atoms with Gasteiger partial charge in [-0.15, -0.1) is 0 Å². The topological polar surface area (TPSA) is 64.6 Å². The van der Waals surface area contributed by atoms with Crippen LogP contribution in [-0.2, 0) is 9.84 Å². The number of sulfone groups is 1. The average molecular weight is 297 g/mol. The maximum atomic E-state index is 11.6. The van der Waals surface area contributed by atoms with Gasteiger partial charge in [0.25, 0.3) is 0 Å². The predicted molar refractivity (Wildman–Crippen MR) is 77.3 cm³/mol. The first-order chi connectivity index (χ1) is 9.62. The van der Waals surface area contributed by atoms with E-state index in [1.165, 1.54) is 0 Å². The highest BCUT2D eigenvalue weighted by molar-refractivity contribution is 7.91. The molecule has 1 unspecified atom stereocenters. The highest BCUT2D eigenvalue weighted by Crippen LogP contribution is 2.32. The minimum Gasteiger partial charge on any atom is -0.490 e. The summed E-state index contributed by atoms with van der Waals surface area (Å²) in [5.41, 5.74) is 0.886. The Bertz CT molecular complexity index is 585. The van der Waals surface area contributed by atoms with E-state index in [2.05, 4.69) is 5.32 Å². The van der Waals surface area contributed by atoms with Gasteiger partial charge in [-0.05, 0) is 25.0 Å². The minimum atomic E-state index is -2.89.